The molecule has 1 aromatic carbocycles. The van der Waals surface area contributed by atoms with Gasteiger partial charge in [-0.05, 0) is 18.2 Å². The highest BCUT2D eigenvalue weighted by atomic mass is 16.5. The molecule has 0 saturated heterocycles. The lowest BCUT2D eigenvalue weighted by Crippen LogP contribution is -2.13. The number of carbonyl (C=O) groups excluding carboxylic acids is 1. The van der Waals surface area contributed by atoms with E-state index in [1.54, 1.807) is 6.07 Å². The summed E-state index contributed by atoms with van der Waals surface area (Å²) < 4.78 is 4.99. The van der Waals surface area contributed by atoms with E-state index in [4.69, 9.17) is 9.84 Å². The molecular formula is C14H12N2O5. The molecule has 0 fully saturated rings. The number of pyridine rings is 1. The standard InChI is InChI=1S/C14H12N2O5/c1-21-9-4-5-15-11(7-9)13(18)16-8-2-3-10(14(19)20)12(17)6-8/h2-7,17H,1H3,(H,16,18)(H,19,20). The summed E-state index contributed by atoms with van der Waals surface area (Å²) in [6, 6.07) is 6.79. The number of aromatic nitrogens is 1. The van der Waals surface area contributed by atoms with Crippen LogP contribution in [0.15, 0.2) is 36.5 Å². The van der Waals surface area contributed by atoms with Crippen molar-refractivity contribution in [1.82, 2.24) is 4.98 Å². The molecule has 0 atom stereocenters. The minimum absolute atomic E-state index is 0.135. The summed E-state index contributed by atoms with van der Waals surface area (Å²) in [4.78, 5) is 26.7. The van der Waals surface area contributed by atoms with E-state index in [2.05, 4.69) is 10.3 Å². The number of phenols is 1. The van der Waals surface area contributed by atoms with Crippen molar-refractivity contribution >= 4 is 17.6 Å². The van der Waals surface area contributed by atoms with Crippen molar-refractivity contribution in [3.8, 4) is 11.5 Å². The van der Waals surface area contributed by atoms with Gasteiger partial charge in [0.15, 0.2) is 0 Å². The predicted octanol–water partition coefficient (Wildman–Crippen LogP) is 1.75. The lowest BCUT2D eigenvalue weighted by molar-refractivity contribution is 0.0693. The van der Waals surface area contributed by atoms with Crippen molar-refractivity contribution in [3.63, 3.8) is 0 Å². The molecule has 1 amide bonds. The first kappa shape index (κ1) is 14.3. The number of ether oxygens (including phenoxy) is 1. The highest BCUT2D eigenvalue weighted by Crippen LogP contribution is 2.22. The first-order valence-electron chi connectivity index (χ1n) is 5.89. The first-order chi connectivity index (χ1) is 10.0. The number of hydrogen-bond acceptors (Lipinski definition) is 5. The number of aromatic hydroxyl groups is 1. The first-order valence-corrected chi connectivity index (χ1v) is 5.89. The van der Waals surface area contributed by atoms with Gasteiger partial charge in [0.05, 0.1) is 7.11 Å². The Morgan fingerprint density at radius 1 is 1.24 bits per heavy atom. The number of nitrogens with zero attached hydrogens (tertiary/aromatic N) is 1. The molecule has 0 spiro atoms. The van der Waals surface area contributed by atoms with Crippen LogP contribution in [0.5, 0.6) is 11.5 Å². The third-order valence-corrected chi connectivity index (χ3v) is 2.69. The Morgan fingerprint density at radius 3 is 2.62 bits per heavy atom. The van der Waals surface area contributed by atoms with Crippen molar-refractivity contribution < 1.29 is 24.5 Å². The number of methoxy groups -OCH3 is 1. The molecule has 108 valence electrons. The topological polar surface area (TPSA) is 109 Å². The normalized spacial score (nSPS) is 9.95. The van der Waals surface area contributed by atoms with Crippen LogP contribution in [0.4, 0.5) is 5.69 Å². The van der Waals surface area contributed by atoms with Gasteiger partial charge in [0, 0.05) is 24.0 Å². The summed E-state index contributed by atoms with van der Waals surface area (Å²) >= 11 is 0. The number of benzene rings is 1. The fourth-order valence-electron chi connectivity index (χ4n) is 1.65. The van der Waals surface area contributed by atoms with Gasteiger partial charge >= 0.3 is 5.97 Å². The number of nitrogens with one attached hydrogen (secondary N) is 1. The number of rotatable bonds is 4. The van der Waals surface area contributed by atoms with Crippen LogP contribution in [0.2, 0.25) is 0 Å². The second-order valence-electron chi connectivity index (χ2n) is 4.07. The number of carbonyl (C=O) groups is 2. The summed E-state index contributed by atoms with van der Waals surface area (Å²) in [6.07, 6.45) is 1.43. The van der Waals surface area contributed by atoms with Crippen LogP contribution in [0, 0.1) is 0 Å². The maximum atomic E-state index is 12.0. The van der Waals surface area contributed by atoms with Gasteiger partial charge in [-0.2, -0.15) is 0 Å². The summed E-state index contributed by atoms with van der Waals surface area (Å²) in [5.74, 6) is -1.70. The molecule has 0 aliphatic heterocycles. The van der Waals surface area contributed by atoms with E-state index in [0.717, 1.165) is 6.07 Å². The number of amides is 1. The third-order valence-electron chi connectivity index (χ3n) is 2.69. The van der Waals surface area contributed by atoms with Crippen molar-refractivity contribution in [2.24, 2.45) is 0 Å². The molecule has 0 saturated carbocycles. The Balaban J connectivity index is 2.19. The molecule has 0 aliphatic carbocycles. The van der Waals surface area contributed by atoms with Gasteiger partial charge in [0.1, 0.15) is 22.8 Å². The van der Waals surface area contributed by atoms with E-state index < -0.39 is 17.6 Å². The Morgan fingerprint density at radius 2 is 2.00 bits per heavy atom. The van der Waals surface area contributed by atoms with Crippen molar-refractivity contribution in [2.75, 3.05) is 12.4 Å². The number of hydrogen-bond donors (Lipinski definition) is 3. The summed E-state index contributed by atoms with van der Waals surface area (Å²) in [6.45, 7) is 0. The van der Waals surface area contributed by atoms with Gasteiger partial charge in [-0.3, -0.25) is 9.78 Å². The van der Waals surface area contributed by atoms with Gasteiger partial charge in [0.25, 0.3) is 5.91 Å². The van der Waals surface area contributed by atoms with Crippen molar-refractivity contribution in [1.29, 1.82) is 0 Å². The largest absolute Gasteiger partial charge is 0.507 e. The fourth-order valence-corrected chi connectivity index (χ4v) is 1.65. The smallest absolute Gasteiger partial charge is 0.339 e. The molecule has 2 aromatic rings. The van der Waals surface area contributed by atoms with Gasteiger partial charge in [-0.15, -0.1) is 0 Å². The minimum Gasteiger partial charge on any atom is -0.507 e. The maximum Gasteiger partial charge on any atom is 0.339 e. The van der Waals surface area contributed by atoms with Crippen LogP contribution in [-0.2, 0) is 0 Å². The Labute approximate surface area is 119 Å². The van der Waals surface area contributed by atoms with E-state index in [0.29, 0.717) is 5.75 Å². The third kappa shape index (κ3) is 3.27. The number of aromatic carboxylic acids is 1. The van der Waals surface area contributed by atoms with Crippen molar-refractivity contribution in [3.05, 3.63) is 47.8 Å². The SMILES string of the molecule is COc1ccnc(C(=O)Nc2ccc(C(=O)O)c(O)c2)c1. The zero-order valence-corrected chi connectivity index (χ0v) is 11.0. The molecule has 7 nitrogen and oxygen atoms in total. The highest BCUT2D eigenvalue weighted by molar-refractivity contribution is 6.03. The summed E-state index contributed by atoms with van der Waals surface area (Å²) in [5.41, 5.74) is 0.149. The monoisotopic (exact) mass is 288 g/mol. The van der Waals surface area contributed by atoms with Gasteiger partial charge in [0.2, 0.25) is 0 Å². The van der Waals surface area contributed by atoms with E-state index >= 15 is 0 Å². The molecule has 0 unspecified atom stereocenters. The Hall–Kier alpha value is -3.09. The zero-order chi connectivity index (χ0) is 15.4. The van der Waals surface area contributed by atoms with Crippen LogP contribution in [0.3, 0.4) is 0 Å². The molecule has 1 heterocycles. The van der Waals surface area contributed by atoms with Crippen LogP contribution in [-0.4, -0.2) is 34.2 Å². The molecule has 21 heavy (non-hydrogen) atoms. The Kier molecular flexibility index (Phi) is 4.03. The highest BCUT2D eigenvalue weighted by Gasteiger charge is 2.12. The van der Waals surface area contributed by atoms with Crippen LogP contribution in [0.1, 0.15) is 20.8 Å². The number of carboxylic acid groups (broad SMARTS) is 1. The molecule has 1 aromatic heterocycles. The zero-order valence-electron chi connectivity index (χ0n) is 11.0. The second kappa shape index (κ2) is 5.91. The van der Waals surface area contributed by atoms with Crippen LogP contribution in [0.25, 0.3) is 0 Å². The number of anilines is 1. The molecule has 0 bridgehead atoms. The van der Waals surface area contributed by atoms with E-state index in [9.17, 15) is 14.7 Å². The maximum absolute atomic E-state index is 12.0. The Bertz CT molecular complexity index is 700. The average molecular weight is 288 g/mol. The number of carboxylic acids is 1. The second-order valence-corrected chi connectivity index (χ2v) is 4.07. The van der Waals surface area contributed by atoms with E-state index in [1.807, 2.05) is 0 Å². The molecule has 2 rings (SSSR count). The average Bonchev–Trinajstić information content (AvgIpc) is 2.47. The van der Waals surface area contributed by atoms with Crippen LogP contribution >= 0.6 is 0 Å². The molecular weight excluding hydrogens is 276 g/mol. The molecule has 0 radical (unpaired) electrons. The minimum atomic E-state index is -1.25. The van der Waals surface area contributed by atoms with Crippen LogP contribution < -0.4 is 10.1 Å². The fraction of sp³-hybridized carbons (Fsp3) is 0.0714. The molecule has 3 N–H and O–H groups in total. The summed E-state index contributed by atoms with van der Waals surface area (Å²) in [5, 5.41) is 20.9. The van der Waals surface area contributed by atoms with Gasteiger partial charge in [-0.1, -0.05) is 0 Å². The van der Waals surface area contributed by atoms with Crippen molar-refractivity contribution in [2.45, 2.75) is 0 Å². The quantitative estimate of drug-likeness (QED) is 0.790. The summed E-state index contributed by atoms with van der Waals surface area (Å²) in [7, 11) is 1.47. The lowest BCUT2D eigenvalue weighted by atomic mass is 10.2. The van der Waals surface area contributed by atoms with E-state index in [-0.39, 0.29) is 16.9 Å². The lowest BCUT2D eigenvalue weighted by Gasteiger charge is -2.07. The molecule has 0 aliphatic rings. The molecule has 7 heteroatoms. The van der Waals surface area contributed by atoms with E-state index in [1.165, 1.54) is 31.5 Å². The predicted molar refractivity (Wildman–Crippen MR) is 73.8 cm³/mol. The van der Waals surface area contributed by atoms with Gasteiger partial charge < -0.3 is 20.3 Å². The van der Waals surface area contributed by atoms with Gasteiger partial charge in [-0.25, -0.2) is 4.79 Å².